The van der Waals surface area contributed by atoms with Gasteiger partial charge in [-0.1, -0.05) is 97.1 Å². The quantitative estimate of drug-likeness (QED) is 0.0428. The highest BCUT2D eigenvalue weighted by atomic mass is 31.2. The molecule has 2 aliphatic rings. The first kappa shape index (κ1) is 43.3. The average molecular weight is 831 g/mol. The van der Waals surface area contributed by atoms with Crippen LogP contribution in [0.1, 0.15) is 68.0 Å². The Morgan fingerprint density at radius 1 is 0.750 bits per heavy atom. The maximum absolute atomic E-state index is 9.46. The van der Waals surface area contributed by atoms with E-state index in [2.05, 4.69) is 50.6 Å². The number of nitriles is 1. The Labute approximate surface area is 355 Å². The Hall–Kier alpha value is -4.82. The zero-order chi connectivity index (χ0) is 42.1. The van der Waals surface area contributed by atoms with Crippen molar-refractivity contribution in [3.05, 3.63) is 161 Å². The molecule has 2 fully saturated rings. The molecule has 1 unspecified atom stereocenters. The van der Waals surface area contributed by atoms with Crippen molar-refractivity contribution in [1.29, 1.82) is 5.26 Å². The van der Waals surface area contributed by atoms with Crippen LogP contribution >= 0.6 is 8.53 Å². The summed E-state index contributed by atoms with van der Waals surface area (Å²) in [5, 5.41) is 9.46. The third-order valence-corrected chi connectivity index (χ3v) is 13.1. The fourth-order valence-corrected chi connectivity index (χ4v) is 9.95. The summed E-state index contributed by atoms with van der Waals surface area (Å²) >= 11 is 0. The summed E-state index contributed by atoms with van der Waals surface area (Å²) in [6.45, 7) is 9.55. The van der Waals surface area contributed by atoms with Crippen LogP contribution in [0, 0.1) is 11.3 Å². The van der Waals surface area contributed by atoms with E-state index in [1.807, 2.05) is 121 Å². The number of benzene rings is 5. The largest absolute Gasteiger partial charge is 0.497 e. The first-order valence-corrected chi connectivity index (χ1v) is 21.6. The van der Waals surface area contributed by atoms with Crippen LogP contribution < -0.4 is 14.2 Å². The molecule has 60 heavy (non-hydrogen) atoms. The molecule has 2 heterocycles. The van der Waals surface area contributed by atoms with Crippen molar-refractivity contribution in [2.24, 2.45) is 0 Å². The third kappa shape index (κ3) is 9.24. The second-order valence-corrected chi connectivity index (χ2v) is 17.0. The van der Waals surface area contributed by atoms with E-state index in [9.17, 15) is 5.26 Å². The van der Waals surface area contributed by atoms with Crippen molar-refractivity contribution >= 4 is 8.53 Å². The van der Waals surface area contributed by atoms with Crippen molar-refractivity contribution in [1.82, 2.24) is 4.67 Å². The predicted octanol–water partition coefficient (Wildman–Crippen LogP) is 10.2. The standard InChI is InChI=1S/C49H55N2O8P/c1-35(2)51(36(3)4)60(57-31-13-30-50)59-47-46-45(38-18-24-44(25-19-38)54-32-37-14-9-7-10-15-37)58-48(47,33-55-46)34-56-49(39-16-11-8-12-17-39,40-20-26-42(52-5)27-21-40)41-22-28-43(53-6)29-23-41/h7-12,14-29,35-36,45-47H,13,31-34H2,1-6H3/t45-,46-,47-,48+,60?/m0/s1. The molecule has 5 aromatic carbocycles. The molecule has 7 rings (SSSR count). The molecule has 2 saturated heterocycles. The van der Waals surface area contributed by atoms with Gasteiger partial charge < -0.3 is 37.5 Å². The smallest absolute Gasteiger partial charge is 0.259 e. The lowest BCUT2D eigenvalue weighted by molar-refractivity contribution is -0.184. The molecule has 2 aliphatic heterocycles. The number of nitrogens with zero attached hydrogens (tertiary/aromatic N) is 2. The summed E-state index contributed by atoms with van der Waals surface area (Å²) in [7, 11) is 1.67. The van der Waals surface area contributed by atoms with Gasteiger partial charge in [0.25, 0.3) is 8.53 Å². The van der Waals surface area contributed by atoms with Crippen LogP contribution in [0.5, 0.6) is 17.2 Å². The SMILES string of the molecule is COc1ccc(C(OC[C@@]23CO[C@@H]([C@H](c4ccc(OCc5ccccc5)cc4)O2)[C@@H]3OP(OCCC#N)N(C(C)C)C(C)C)(c2ccccc2)c2ccc(OC)cc2)cc1. The number of ether oxygens (including phenoxy) is 6. The average Bonchev–Trinajstić information content (AvgIpc) is 3.78. The number of methoxy groups -OCH3 is 2. The number of hydrogen-bond donors (Lipinski definition) is 0. The highest BCUT2D eigenvalue weighted by Crippen LogP contribution is 2.57. The van der Waals surface area contributed by atoms with E-state index < -0.39 is 38.0 Å². The molecular weight excluding hydrogens is 776 g/mol. The Morgan fingerprint density at radius 3 is 1.85 bits per heavy atom. The topological polar surface area (TPSA) is 101 Å². The second kappa shape index (κ2) is 19.7. The van der Waals surface area contributed by atoms with E-state index in [0.717, 1.165) is 45.1 Å². The van der Waals surface area contributed by atoms with Gasteiger partial charge in [-0.15, -0.1) is 0 Å². The highest BCUT2D eigenvalue weighted by molar-refractivity contribution is 7.44. The lowest BCUT2D eigenvalue weighted by atomic mass is 9.79. The molecule has 5 atom stereocenters. The molecule has 0 aromatic heterocycles. The Kier molecular flexibility index (Phi) is 14.2. The van der Waals surface area contributed by atoms with E-state index in [0.29, 0.717) is 6.61 Å². The normalized spacial score (nSPS) is 20.4. The summed E-state index contributed by atoms with van der Waals surface area (Å²) < 4.78 is 54.7. The lowest BCUT2D eigenvalue weighted by Gasteiger charge is -2.41. The fourth-order valence-electron chi connectivity index (χ4n) is 8.14. The number of rotatable bonds is 20. The molecule has 10 nitrogen and oxygen atoms in total. The van der Waals surface area contributed by atoms with E-state index in [4.69, 9.17) is 37.5 Å². The van der Waals surface area contributed by atoms with Crippen LogP contribution in [0.3, 0.4) is 0 Å². The first-order chi connectivity index (χ1) is 29.2. The van der Waals surface area contributed by atoms with Gasteiger partial charge in [0.2, 0.25) is 0 Å². The molecule has 0 radical (unpaired) electrons. The van der Waals surface area contributed by atoms with Gasteiger partial charge in [-0.3, -0.25) is 0 Å². The van der Waals surface area contributed by atoms with E-state index >= 15 is 0 Å². The lowest BCUT2D eigenvalue weighted by Crippen LogP contribution is -2.49. The third-order valence-electron chi connectivity index (χ3n) is 11.0. The van der Waals surface area contributed by atoms with Crippen LogP contribution in [0.15, 0.2) is 133 Å². The van der Waals surface area contributed by atoms with Gasteiger partial charge in [0.1, 0.15) is 53.4 Å². The molecule has 2 bridgehead atoms. The van der Waals surface area contributed by atoms with Crippen LogP contribution in [-0.2, 0) is 35.5 Å². The maximum Gasteiger partial charge on any atom is 0.259 e. The Bertz CT molecular complexity index is 2080. The minimum atomic E-state index is -1.65. The summed E-state index contributed by atoms with van der Waals surface area (Å²) in [5.41, 5.74) is 2.59. The molecule has 0 saturated carbocycles. The van der Waals surface area contributed by atoms with Crippen LogP contribution in [0.2, 0.25) is 0 Å². The number of fused-ring (bicyclic) bond motifs is 2. The molecule has 11 heteroatoms. The number of hydrogen-bond acceptors (Lipinski definition) is 10. The molecule has 0 N–H and O–H groups in total. The van der Waals surface area contributed by atoms with Crippen molar-refractivity contribution in [2.75, 3.05) is 34.0 Å². The first-order valence-electron chi connectivity index (χ1n) is 20.5. The molecule has 5 aromatic rings. The highest BCUT2D eigenvalue weighted by Gasteiger charge is 2.64. The maximum atomic E-state index is 9.46. The van der Waals surface area contributed by atoms with Gasteiger partial charge in [-0.05, 0) is 91.9 Å². The summed E-state index contributed by atoms with van der Waals surface area (Å²) in [6, 6.07) is 46.7. The predicted molar refractivity (Wildman–Crippen MR) is 232 cm³/mol. The van der Waals surface area contributed by atoms with Gasteiger partial charge in [0.15, 0.2) is 0 Å². The summed E-state index contributed by atoms with van der Waals surface area (Å²) in [5.74, 6) is 2.22. The second-order valence-electron chi connectivity index (χ2n) is 15.6. The fraction of sp³-hybridized carbons (Fsp3) is 0.367. The van der Waals surface area contributed by atoms with E-state index in [1.54, 1.807) is 14.2 Å². The van der Waals surface area contributed by atoms with Crippen LogP contribution in [-0.4, -0.2) is 68.6 Å². The molecule has 0 spiro atoms. The zero-order valence-corrected chi connectivity index (χ0v) is 36.1. The Morgan fingerprint density at radius 2 is 1.30 bits per heavy atom. The van der Waals surface area contributed by atoms with Crippen molar-refractivity contribution in [3.8, 4) is 23.3 Å². The monoisotopic (exact) mass is 830 g/mol. The van der Waals surface area contributed by atoms with Crippen molar-refractivity contribution < 1.29 is 37.5 Å². The van der Waals surface area contributed by atoms with Gasteiger partial charge in [-0.25, -0.2) is 4.67 Å². The molecule has 0 amide bonds. The van der Waals surface area contributed by atoms with E-state index in [1.165, 1.54) is 0 Å². The molecular formula is C49H55N2O8P. The molecule has 314 valence electrons. The van der Waals surface area contributed by atoms with Crippen molar-refractivity contribution in [3.63, 3.8) is 0 Å². The zero-order valence-electron chi connectivity index (χ0n) is 35.2. The van der Waals surface area contributed by atoms with Crippen molar-refractivity contribution in [2.45, 2.75) is 82.3 Å². The molecule has 0 aliphatic carbocycles. The summed E-state index contributed by atoms with van der Waals surface area (Å²) in [6.07, 6.45) is -1.31. The summed E-state index contributed by atoms with van der Waals surface area (Å²) in [4.78, 5) is 0. The van der Waals surface area contributed by atoms with Gasteiger partial charge >= 0.3 is 0 Å². The minimum absolute atomic E-state index is 0.0978. The van der Waals surface area contributed by atoms with Crippen LogP contribution in [0.4, 0.5) is 0 Å². The Balaban J connectivity index is 1.28. The van der Waals surface area contributed by atoms with E-state index in [-0.39, 0.29) is 38.3 Å². The van der Waals surface area contributed by atoms with Gasteiger partial charge in [-0.2, -0.15) is 5.26 Å². The van der Waals surface area contributed by atoms with Gasteiger partial charge in [0.05, 0.1) is 46.5 Å². The van der Waals surface area contributed by atoms with Gasteiger partial charge in [0, 0.05) is 12.1 Å². The minimum Gasteiger partial charge on any atom is -0.497 e. The van der Waals surface area contributed by atoms with Crippen LogP contribution in [0.25, 0.3) is 0 Å².